The number of hydrogen-bond acceptors (Lipinski definition) is 3. The maximum absolute atomic E-state index is 11.4. The van der Waals surface area contributed by atoms with E-state index >= 15 is 0 Å². The highest BCUT2D eigenvalue weighted by molar-refractivity contribution is 5.78. The Morgan fingerprint density at radius 2 is 2.06 bits per heavy atom. The molecule has 0 amide bonds. The molecular formula is C14H24O4. The molecule has 0 rings (SSSR count). The lowest BCUT2D eigenvalue weighted by atomic mass is 9.99. The normalized spacial score (nSPS) is 11.8. The summed E-state index contributed by atoms with van der Waals surface area (Å²) in [6.07, 6.45) is 6.75. The van der Waals surface area contributed by atoms with Crippen molar-refractivity contribution in [1.82, 2.24) is 0 Å². The molecule has 4 nitrogen and oxygen atoms in total. The molecule has 0 saturated carbocycles. The SMILES string of the molecule is C=CCCCCOC(=O)C[C@@H](CCCC)C(=O)O. The van der Waals surface area contributed by atoms with E-state index in [2.05, 4.69) is 6.58 Å². The number of aliphatic carboxylic acids is 1. The first kappa shape index (κ1) is 16.7. The van der Waals surface area contributed by atoms with Crippen molar-refractivity contribution in [3.8, 4) is 0 Å². The van der Waals surface area contributed by atoms with Crippen molar-refractivity contribution in [3.05, 3.63) is 12.7 Å². The molecule has 0 aliphatic rings. The molecule has 0 saturated heterocycles. The van der Waals surface area contributed by atoms with Crippen LogP contribution >= 0.6 is 0 Å². The average Bonchev–Trinajstić information content (AvgIpc) is 2.33. The van der Waals surface area contributed by atoms with Gasteiger partial charge < -0.3 is 9.84 Å². The molecule has 0 aliphatic heterocycles. The Kier molecular flexibility index (Phi) is 10.0. The molecule has 0 bridgehead atoms. The van der Waals surface area contributed by atoms with E-state index in [1.165, 1.54) is 0 Å². The monoisotopic (exact) mass is 256 g/mol. The molecule has 0 aromatic rings. The molecule has 0 aromatic carbocycles. The Morgan fingerprint density at radius 1 is 1.33 bits per heavy atom. The maximum atomic E-state index is 11.4. The lowest BCUT2D eigenvalue weighted by molar-refractivity contribution is -0.151. The highest BCUT2D eigenvalue weighted by Gasteiger charge is 2.21. The molecular weight excluding hydrogens is 232 g/mol. The minimum Gasteiger partial charge on any atom is -0.481 e. The number of ether oxygens (including phenoxy) is 1. The van der Waals surface area contributed by atoms with Gasteiger partial charge in [-0.2, -0.15) is 0 Å². The number of carbonyl (C=O) groups is 2. The summed E-state index contributed by atoms with van der Waals surface area (Å²) in [6, 6.07) is 0. The van der Waals surface area contributed by atoms with Crippen molar-refractivity contribution in [2.75, 3.05) is 6.61 Å². The number of hydrogen-bond donors (Lipinski definition) is 1. The van der Waals surface area contributed by atoms with Crippen LogP contribution < -0.4 is 0 Å². The number of rotatable bonds is 11. The predicted octanol–water partition coefficient (Wildman–Crippen LogP) is 3.17. The minimum absolute atomic E-state index is 0.0171. The number of carboxylic acid groups (broad SMARTS) is 1. The van der Waals surface area contributed by atoms with E-state index in [1.54, 1.807) is 0 Å². The van der Waals surface area contributed by atoms with Crippen molar-refractivity contribution in [2.24, 2.45) is 5.92 Å². The zero-order valence-corrected chi connectivity index (χ0v) is 11.2. The van der Waals surface area contributed by atoms with Gasteiger partial charge in [-0.15, -0.1) is 6.58 Å². The van der Waals surface area contributed by atoms with Gasteiger partial charge in [-0.05, 0) is 25.7 Å². The van der Waals surface area contributed by atoms with Crippen LogP contribution in [0, 0.1) is 5.92 Å². The van der Waals surface area contributed by atoms with Crippen molar-refractivity contribution in [3.63, 3.8) is 0 Å². The van der Waals surface area contributed by atoms with E-state index in [9.17, 15) is 9.59 Å². The fourth-order valence-corrected chi connectivity index (χ4v) is 1.60. The summed E-state index contributed by atoms with van der Waals surface area (Å²) < 4.78 is 5.01. The maximum Gasteiger partial charge on any atom is 0.307 e. The summed E-state index contributed by atoms with van der Waals surface area (Å²) in [5, 5.41) is 8.97. The van der Waals surface area contributed by atoms with Crippen molar-refractivity contribution in [2.45, 2.75) is 51.9 Å². The summed E-state index contributed by atoms with van der Waals surface area (Å²) in [4.78, 5) is 22.4. The third kappa shape index (κ3) is 8.79. The lowest BCUT2D eigenvalue weighted by Gasteiger charge is -2.11. The van der Waals surface area contributed by atoms with Gasteiger partial charge in [-0.3, -0.25) is 9.59 Å². The third-order valence-electron chi connectivity index (χ3n) is 2.73. The zero-order valence-electron chi connectivity index (χ0n) is 11.2. The highest BCUT2D eigenvalue weighted by atomic mass is 16.5. The molecule has 1 N–H and O–H groups in total. The van der Waals surface area contributed by atoms with Gasteiger partial charge in [-0.1, -0.05) is 25.8 Å². The van der Waals surface area contributed by atoms with E-state index in [0.717, 1.165) is 32.1 Å². The fourth-order valence-electron chi connectivity index (χ4n) is 1.60. The average molecular weight is 256 g/mol. The molecule has 1 atom stereocenters. The Morgan fingerprint density at radius 3 is 2.61 bits per heavy atom. The molecule has 0 spiro atoms. The minimum atomic E-state index is -0.910. The van der Waals surface area contributed by atoms with Crippen LogP contribution in [-0.2, 0) is 14.3 Å². The molecule has 0 radical (unpaired) electrons. The number of allylic oxidation sites excluding steroid dienone is 1. The quantitative estimate of drug-likeness (QED) is 0.350. The molecule has 18 heavy (non-hydrogen) atoms. The van der Waals surface area contributed by atoms with Crippen molar-refractivity contribution >= 4 is 11.9 Å². The molecule has 0 heterocycles. The van der Waals surface area contributed by atoms with Gasteiger partial charge in [0, 0.05) is 0 Å². The van der Waals surface area contributed by atoms with Crippen LogP contribution in [0.2, 0.25) is 0 Å². The smallest absolute Gasteiger partial charge is 0.307 e. The van der Waals surface area contributed by atoms with Crippen molar-refractivity contribution in [1.29, 1.82) is 0 Å². The zero-order chi connectivity index (χ0) is 13.8. The molecule has 0 aliphatic carbocycles. The standard InChI is InChI=1S/C14H24O4/c1-3-5-7-8-10-18-13(15)11-12(14(16)17)9-6-4-2/h3,12H,1,4-11H2,2H3,(H,16,17)/t12-/m1/s1. The first-order valence-corrected chi connectivity index (χ1v) is 6.61. The summed E-state index contributed by atoms with van der Waals surface area (Å²) in [5.74, 6) is -1.92. The number of esters is 1. The van der Waals surface area contributed by atoms with Gasteiger partial charge in [0.05, 0.1) is 18.9 Å². The Labute approximate surface area is 109 Å². The van der Waals surface area contributed by atoms with Gasteiger partial charge in [0.2, 0.25) is 0 Å². The second-order valence-electron chi connectivity index (χ2n) is 4.39. The van der Waals surface area contributed by atoms with Crippen LogP contribution in [-0.4, -0.2) is 23.7 Å². The first-order chi connectivity index (χ1) is 8.61. The largest absolute Gasteiger partial charge is 0.481 e. The van der Waals surface area contributed by atoms with Crippen LogP contribution in [0.3, 0.4) is 0 Å². The number of carbonyl (C=O) groups excluding carboxylic acids is 1. The lowest BCUT2D eigenvalue weighted by Crippen LogP contribution is -2.19. The van der Waals surface area contributed by atoms with E-state index in [-0.39, 0.29) is 6.42 Å². The Bertz CT molecular complexity index is 261. The topological polar surface area (TPSA) is 63.6 Å². The van der Waals surface area contributed by atoms with E-state index in [1.807, 2.05) is 13.0 Å². The van der Waals surface area contributed by atoms with E-state index < -0.39 is 17.9 Å². The Balaban J connectivity index is 3.80. The number of carboxylic acids is 1. The van der Waals surface area contributed by atoms with Crippen LogP contribution in [0.4, 0.5) is 0 Å². The molecule has 0 unspecified atom stereocenters. The second kappa shape index (κ2) is 10.8. The van der Waals surface area contributed by atoms with E-state index in [4.69, 9.17) is 9.84 Å². The van der Waals surface area contributed by atoms with Crippen molar-refractivity contribution < 1.29 is 19.4 Å². The summed E-state index contributed by atoms with van der Waals surface area (Å²) >= 11 is 0. The molecule has 0 aromatic heterocycles. The molecule has 0 fully saturated rings. The van der Waals surface area contributed by atoms with Gasteiger partial charge in [0.1, 0.15) is 0 Å². The van der Waals surface area contributed by atoms with Crippen LogP contribution in [0.5, 0.6) is 0 Å². The first-order valence-electron chi connectivity index (χ1n) is 6.61. The second-order valence-corrected chi connectivity index (χ2v) is 4.39. The summed E-state index contributed by atoms with van der Waals surface area (Å²) in [5.41, 5.74) is 0. The molecule has 104 valence electrons. The Hall–Kier alpha value is -1.32. The van der Waals surface area contributed by atoms with E-state index in [0.29, 0.717) is 13.0 Å². The third-order valence-corrected chi connectivity index (χ3v) is 2.73. The van der Waals surface area contributed by atoms with Crippen LogP contribution in [0.1, 0.15) is 51.9 Å². The van der Waals surface area contributed by atoms with Gasteiger partial charge >= 0.3 is 11.9 Å². The summed E-state index contributed by atoms with van der Waals surface area (Å²) in [7, 11) is 0. The van der Waals surface area contributed by atoms with Crippen LogP contribution in [0.15, 0.2) is 12.7 Å². The predicted molar refractivity (Wildman–Crippen MR) is 70.3 cm³/mol. The number of unbranched alkanes of at least 4 members (excludes halogenated alkanes) is 3. The fraction of sp³-hybridized carbons (Fsp3) is 0.714. The molecule has 4 heteroatoms. The summed E-state index contributed by atoms with van der Waals surface area (Å²) in [6.45, 7) is 5.97. The van der Waals surface area contributed by atoms with Gasteiger partial charge in [0.15, 0.2) is 0 Å². The highest BCUT2D eigenvalue weighted by Crippen LogP contribution is 2.14. The van der Waals surface area contributed by atoms with Gasteiger partial charge in [0.25, 0.3) is 0 Å². The van der Waals surface area contributed by atoms with Crippen LogP contribution in [0.25, 0.3) is 0 Å². The van der Waals surface area contributed by atoms with Gasteiger partial charge in [-0.25, -0.2) is 0 Å².